The molecule has 0 bridgehead atoms. The van der Waals surface area contributed by atoms with Crippen molar-refractivity contribution >= 4 is 18.4 Å². The monoisotopic (exact) mass is 459 g/mol. The van der Waals surface area contributed by atoms with Crippen molar-refractivity contribution in [2.45, 2.75) is 75.9 Å². The Morgan fingerprint density at radius 3 is 2.60 bits per heavy atom. The van der Waals surface area contributed by atoms with Gasteiger partial charge in [0.05, 0.1) is 11.8 Å². The maximum absolute atomic E-state index is 12.6. The summed E-state index contributed by atoms with van der Waals surface area (Å²) in [4.78, 5) is 26.8. The van der Waals surface area contributed by atoms with E-state index in [9.17, 15) is 18.0 Å². The number of aryl methyl sites for hydroxylation is 1. The molecule has 0 amide bonds. The number of aromatic amines is 1. The van der Waals surface area contributed by atoms with Gasteiger partial charge in [0.1, 0.15) is 12.2 Å². The fourth-order valence-electron chi connectivity index (χ4n) is 4.23. The van der Waals surface area contributed by atoms with E-state index in [-0.39, 0.29) is 10.8 Å². The zero-order valence-corrected chi connectivity index (χ0v) is 19.8. The minimum Gasteiger partial charge on any atom is -0.406 e. The number of nitrogens with one attached hydrogen (secondary N) is 2. The normalized spacial score (nSPS) is 35.4. The van der Waals surface area contributed by atoms with Gasteiger partial charge in [0, 0.05) is 18.3 Å². The molecule has 4 heterocycles. The largest absolute Gasteiger partial charge is 0.406 e. The molecule has 0 aliphatic carbocycles. The molecule has 10 nitrogen and oxygen atoms in total. The third-order valence-corrected chi connectivity index (χ3v) is 12.6. The van der Waals surface area contributed by atoms with Crippen LogP contribution in [0.25, 0.3) is 0 Å². The highest BCUT2D eigenvalue weighted by Crippen LogP contribution is 2.52. The second kappa shape index (κ2) is 6.59. The van der Waals surface area contributed by atoms with E-state index in [2.05, 4.69) is 44.2 Å². The van der Waals surface area contributed by atoms with Gasteiger partial charge in [0.2, 0.25) is 0 Å². The van der Waals surface area contributed by atoms with Gasteiger partial charge in [-0.3, -0.25) is 18.5 Å². The summed E-state index contributed by atoms with van der Waals surface area (Å²) in [5.41, 5.74) is -2.04. The van der Waals surface area contributed by atoms with E-state index in [1.54, 1.807) is 6.92 Å². The van der Waals surface area contributed by atoms with E-state index in [1.807, 2.05) is 0 Å². The van der Waals surface area contributed by atoms with Gasteiger partial charge in [-0.05, 0) is 25.1 Å². The molecule has 3 aliphatic rings. The third-order valence-electron chi connectivity index (χ3n) is 6.89. The van der Waals surface area contributed by atoms with E-state index in [4.69, 9.17) is 13.3 Å². The molecule has 0 unspecified atom stereocenters. The van der Waals surface area contributed by atoms with Gasteiger partial charge in [-0.25, -0.2) is 4.79 Å². The Balaban J connectivity index is 1.87. The van der Waals surface area contributed by atoms with Crippen molar-refractivity contribution in [3.63, 3.8) is 0 Å². The van der Waals surface area contributed by atoms with E-state index in [1.165, 1.54) is 10.8 Å². The molecule has 1 spiro atoms. The standard InChI is InChI=1S/C18H29N3O7SSi/c1-10-8-21(16(23)20-14(10)22)15-13(27-30(5,6)17(2,3)4)18-11(9-29(24,25)28-18)19-7-12(18)26-15/h8,11-13,15,19H,7,9H2,1-6H3,(H,20,22,23)/t11-,12+,13-,15+,18+/m0/s1. The summed E-state index contributed by atoms with van der Waals surface area (Å²) in [6.45, 7) is 12.3. The van der Waals surface area contributed by atoms with Gasteiger partial charge in [-0.15, -0.1) is 0 Å². The lowest BCUT2D eigenvalue weighted by molar-refractivity contribution is -0.0404. The summed E-state index contributed by atoms with van der Waals surface area (Å²) in [5.74, 6) is -0.184. The molecule has 0 aromatic carbocycles. The Labute approximate surface area is 176 Å². The Kier molecular flexibility index (Phi) is 4.81. The van der Waals surface area contributed by atoms with Crippen LogP contribution >= 0.6 is 0 Å². The number of hydrogen-bond donors (Lipinski definition) is 2. The van der Waals surface area contributed by atoms with E-state index < -0.39 is 59.8 Å². The molecule has 3 fully saturated rings. The van der Waals surface area contributed by atoms with Gasteiger partial charge < -0.3 is 14.5 Å². The molecular weight excluding hydrogens is 430 g/mol. The molecule has 1 aromatic heterocycles. The number of nitrogens with zero attached hydrogens (tertiary/aromatic N) is 1. The van der Waals surface area contributed by atoms with Crippen LogP contribution in [0.15, 0.2) is 15.8 Å². The summed E-state index contributed by atoms with van der Waals surface area (Å²) in [7, 11) is -6.20. The Bertz CT molecular complexity index is 1090. The van der Waals surface area contributed by atoms with Crippen molar-refractivity contribution in [1.29, 1.82) is 0 Å². The zero-order valence-electron chi connectivity index (χ0n) is 18.0. The summed E-state index contributed by atoms with van der Waals surface area (Å²) in [6, 6.07) is -0.508. The molecule has 12 heteroatoms. The fourth-order valence-corrected chi connectivity index (χ4v) is 7.13. The molecule has 3 aliphatic heterocycles. The van der Waals surface area contributed by atoms with E-state index >= 15 is 0 Å². The molecule has 0 radical (unpaired) electrons. The van der Waals surface area contributed by atoms with Crippen LogP contribution in [0.1, 0.15) is 32.6 Å². The minimum atomic E-state index is -3.78. The first kappa shape index (κ1) is 21.9. The predicted molar refractivity (Wildman–Crippen MR) is 111 cm³/mol. The number of H-pyrrole nitrogens is 1. The van der Waals surface area contributed by atoms with Crippen molar-refractivity contribution in [2.75, 3.05) is 12.3 Å². The SMILES string of the molecule is Cc1cn([C@@H]2O[C@@H]3CN[C@H]4CS(=O)(=O)O[C@]43[C@H]2O[Si](C)(C)C(C)(C)C)c(=O)[nH]c1=O. The van der Waals surface area contributed by atoms with Gasteiger partial charge in [-0.1, -0.05) is 20.8 Å². The maximum Gasteiger partial charge on any atom is 0.330 e. The van der Waals surface area contributed by atoms with Crippen LogP contribution < -0.4 is 16.6 Å². The third kappa shape index (κ3) is 3.16. The van der Waals surface area contributed by atoms with Crippen LogP contribution in [0.3, 0.4) is 0 Å². The van der Waals surface area contributed by atoms with Crippen molar-refractivity contribution in [3.05, 3.63) is 32.6 Å². The van der Waals surface area contributed by atoms with Crippen molar-refractivity contribution < 1.29 is 21.8 Å². The molecule has 1 aromatic rings. The average molecular weight is 460 g/mol. The number of rotatable bonds is 3. The molecule has 4 rings (SSSR count). The van der Waals surface area contributed by atoms with E-state index in [0.29, 0.717) is 12.1 Å². The van der Waals surface area contributed by atoms with Crippen LogP contribution in [0, 0.1) is 6.92 Å². The first-order valence-corrected chi connectivity index (χ1v) is 14.5. The van der Waals surface area contributed by atoms with E-state index in [0.717, 1.165) is 0 Å². The highest BCUT2D eigenvalue weighted by atomic mass is 32.2. The van der Waals surface area contributed by atoms with Gasteiger partial charge >= 0.3 is 5.69 Å². The Hall–Kier alpha value is -1.31. The van der Waals surface area contributed by atoms with Gasteiger partial charge in [0.25, 0.3) is 15.7 Å². The van der Waals surface area contributed by atoms with Gasteiger partial charge in [0.15, 0.2) is 20.1 Å². The topological polar surface area (TPSA) is 129 Å². The number of hydrogen-bond acceptors (Lipinski definition) is 8. The lowest BCUT2D eigenvalue weighted by atomic mass is 9.89. The minimum absolute atomic E-state index is 0.169. The first-order chi connectivity index (χ1) is 13.7. The highest BCUT2D eigenvalue weighted by molar-refractivity contribution is 7.87. The lowest BCUT2D eigenvalue weighted by Crippen LogP contribution is -2.59. The van der Waals surface area contributed by atoms with Crippen LogP contribution in [-0.4, -0.2) is 62.4 Å². The smallest absolute Gasteiger partial charge is 0.330 e. The summed E-state index contributed by atoms with van der Waals surface area (Å²) in [6.07, 6.45) is -0.954. The molecule has 168 valence electrons. The quantitative estimate of drug-likeness (QED) is 0.485. The molecule has 5 atom stereocenters. The lowest BCUT2D eigenvalue weighted by Gasteiger charge is -2.43. The van der Waals surface area contributed by atoms with Crippen LogP contribution in [0.5, 0.6) is 0 Å². The number of aromatic nitrogens is 2. The number of ether oxygens (including phenoxy) is 1. The Morgan fingerprint density at radius 2 is 1.97 bits per heavy atom. The molecular formula is C18H29N3O7SSi. The molecule has 3 saturated heterocycles. The maximum atomic E-state index is 12.6. The van der Waals surface area contributed by atoms with Crippen molar-refractivity contribution in [1.82, 2.24) is 14.9 Å². The summed E-state index contributed by atoms with van der Waals surface area (Å²) >= 11 is 0. The molecule has 2 N–H and O–H groups in total. The van der Waals surface area contributed by atoms with Crippen LogP contribution in [0.4, 0.5) is 0 Å². The first-order valence-electron chi connectivity index (χ1n) is 10.00. The molecule has 30 heavy (non-hydrogen) atoms. The van der Waals surface area contributed by atoms with Gasteiger partial charge in [-0.2, -0.15) is 8.42 Å². The van der Waals surface area contributed by atoms with Crippen molar-refractivity contribution in [2.24, 2.45) is 0 Å². The van der Waals surface area contributed by atoms with Crippen LogP contribution in [0.2, 0.25) is 18.1 Å². The predicted octanol–water partition coefficient (Wildman–Crippen LogP) is 0.203. The second-order valence-electron chi connectivity index (χ2n) is 9.91. The fraction of sp³-hybridized carbons (Fsp3) is 0.778. The molecule has 0 saturated carbocycles. The summed E-state index contributed by atoms with van der Waals surface area (Å²) in [5, 5.41) is 3.02. The Morgan fingerprint density at radius 1 is 1.30 bits per heavy atom. The van der Waals surface area contributed by atoms with Crippen molar-refractivity contribution in [3.8, 4) is 0 Å². The average Bonchev–Trinajstić information content (AvgIpc) is 3.14. The highest BCUT2D eigenvalue weighted by Gasteiger charge is 2.72. The summed E-state index contributed by atoms with van der Waals surface area (Å²) < 4.78 is 44.7. The zero-order chi connectivity index (χ0) is 22.3. The second-order valence-corrected chi connectivity index (χ2v) is 16.3. The van der Waals surface area contributed by atoms with Crippen LogP contribution in [-0.2, 0) is 23.5 Å².